The van der Waals surface area contributed by atoms with E-state index in [9.17, 15) is 18.9 Å². The van der Waals surface area contributed by atoms with Gasteiger partial charge in [0, 0.05) is 34.1 Å². The number of carbonyl (C=O) groups excluding carboxylic acids is 1. The first-order valence-corrected chi connectivity index (χ1v) is 9.72. The second-order valence-corrected chi connectivity index (χ2v) is 8.65. The third kappa shape index (κ3) is 3.91. The molecule has 0 radical (unpaired) electrons. The van der Waals surface area contributed by atoms with E-state index in [1.807, 2.05) is 13.8 Å². The van der Waals surface area contributed by atoms with Crippen molar-refractivity contribution < 1.29 is 18.9 Å². The quantitative estimate of drug-likeness (QED) is 0.807. The molecular formula is C13H22N2O4S2. The van der Waals surface area contributed by atoms with Crippen LogP contribution >= 0.6 is 11.8 Å². The van der Waals surface area contributed by atoms with Crippen molar-refractivity contribution in [3.8, 4) is 0 Å². The maximum absolute atomic E-state index is 12.5. The fraction of sp³-hybridized carbons (Fsp3) is 0.846. The van der Waals surface area contributed by atoms with E-state index >= 15 is 0 Å². The van der Waals surface area contributed by atoms with Gasteiger partial charge in [0.05, 0.1) is 5.37 Å². The van der Waals surface area contributed by atoms with E-state index in [0.29, 0.717) is 30.1 Å². The summed E-state index contributed by atoms with van der Waals surface area (Å²) in [6.07, 6.45) is 1.40. The number of rotatable bonds is 3. The fourth-order valence-electron chi connectivity index (χ4n) is 2.68. The Balaban J connectivity index is 2.03. The van der Waals surface area contributed by atoms with Gasteiger partial charge in [-0.25, -0.2) is 9.59 Å². The molecule has 2 aliphatic heterocycles. The molecule has 0 spiro atoms. The van der Waals surface area contributed by atoms with Gasteiger partial charge in [-0.2, -0.15) is 0 Å². The molecule has 2 unspecified atom stereocenters. The van der Waals surface area contributed by atoms with Crippen LogP contribution in [0.3, 0.4) is 0 Å². The number of thioether (sulfide) groups is 1. The molecule has 0 aromatic carbocycles. The highest BCUT2D eigenvalue weighted by molar-refractivity contribution is 8.00. The predicted molar refractivity (Wildman–Crippen MR) is 83.8 cm³/mol. The van der Waals surface area contributed by atoms with Gasteiger partial charge in [0.2, 0.25) is 0 Å². The molecule has 6 nitrogen and oxygen atoms in total. The summed E-state index contributed by atoms with van der Waals surface area (Å²) in [5.74, 6) is 0.889. The molecule has 2 saturated heterocycles. The summed E-state index contributed by atoms with van der Waals surface area (Å²) >= 11 is 1.52. The van der Waals surface area contributed by atoms with Crippen LogP contribution in [0.25, 0.3) is 0 Å². The van der Waals surface area contributed by atoms with Crippen LogP contribution in [0.2, 0.25) is 0 Å². The lowest BCUT2D eigenvalue weighted by molar-refractivity contribution is -0.141. The standard InChI is InChI=1S/C13H22N2O4S2/c1-8(2)11-15(10(7-20-11)12(16)17)13(18)14-9-3-5-21(19)6-4-9/h8-11H,3-7H2,1-2H3,(H,14,18)(H,16,17). The zero-order valence-electron chi connectivity index (χ0n) is 12.3. The van der Waals surface area contributed by atoms with Gasteiger partial charge < -0.3 is 10.4 Å². The Morgan fingerprint density at radius 3 is 2.48 bits per heavy atom. The van der Waals surface area contributed by atoms with E-state index in [-0.39, 0.29) is 23.4 Å². The van der Waals surface area contributed by atoms with Gasteiger partial charge in [-0.15, -0.1) is 11.8 Å². The molecule has 0 aromatic heterocycles. The van der Waals surface area contributed by atoms with Gasteiger partial charge in [0.15, 0.2) is 0 Å². The minimum Gasteiger partial charge on any atom is -0.480 e. The highest BCUT2D eigenvalue weighted by Gasteiger charge is 2.43. The minimum absolute atomic E-state index is 0.00283. The third-order valence-electron chi connectivity index (χ3n) is 3.84. The molecule has 0 saturated carbocycles. The molecule has 120 valence electrons. The molecule has 0 aromatic rings. The van der Waals surface area contributed by atoms with Crippen LogP contribution in [-0.2, 0) is 15.6 Å². The average molecular weight is 334 g/mol. The zero-order valence-corrected chi connectivity index (χ0v) is 13.9. The van der Waals surface area contributed by atoms with E-state index in [4.69, 9.17) is 0 Å². The summed E-state index contributed by atoms with van der Waals surface area (Å²) in [6, 6.07) is -1.06. The summed E-state index contributed by atoms with van der Waals surface area (Å²) in [5.41, 5.74) is 0. The second-order valence-electron chi connectivity index (χ2n) is 5.80. The Kier molecular flexibility index (Phi) is 5.54. The van der Waals surface area contributed by atoms with Crippen molar-refractivity contribution in [2.24, 2.45) is 5.92 Å². The topological polar surface area (TPSA) is 86.7 Å². The van der Waals surface area contributed by atoms with Crippen LogP contribution in [0.5, 0.6) is 0 Å². The lowest BCUT2D eigenvalue weighted by atomic mass is 10.1. The van der Waals surface area contributed by atoms with Crippen molar-refractivity contribution in [1.82, 2.24) is 10.2 Å². The number of carbonyl (C=O) groups is 2. The molecule has 0 bridgehead atoms. The maximum atomic E-state index is 12.5. The van der Waals surface area contributed by atoms with Crippen molar-refractivity contribution >= 4 is 34.6 Å². The van der Waals surface area contributed by atoms with Crippen LogP contribution < -0.4 is 5.32 Å². The van der Waals surface area contributed by atoms with E-state index in [2.05, 4.69) is 5.32 Å². The third-order valence-corrected chi connectivity index (χ3v) is 6.84. The van der Waals surface area contributed by atoms with Crippen LogP contribution in [0.15, 0.2) is 0 Å². The van der Waals surface area contributed by atoms with Crippen LogP contribution in [-0.4, -0.2) is 60.9 Å². The molecule has 2 atom stereocenters. The van der Waals surface area contributed by atoms with Crippen LogP contribution in [0, 0.1) is 5.92 Å². The number of urea groups is 1. The smallest absolute Gasteiger partial charge is 0.327 e. The fourth-order valence-corrected chi connectivity index (χ4v) is 5.45. The second kappa shape index (κ2) is 7.00. The highest BCUT2D eigenvalue weighted by atomic mass is 32.2. The van der Waals surface area contributed by atoms with Gasteiger partial charge in [0.1, 0.15) is 6.04 Å². The highest BCUT2D eigenvalue weighted by Crippen LogP contribution is 2.34. The Bertz CT molecular complexity index is 434. The minimum atomic E-state index is -0.953. The van der Waals surface area contributed by atoms with Crippen molar-refractivity contribution in [3.05, 3.63) is 0 Å². The Hall–Kier alpha value is -0.760. The summed E-state index contributed by atoms with van der Waals surface area (Å²) in [7, 11) is -0.769. The SMILES string of the molecule is CC(C)C1SCC(C(=O)O)N1C(=O)NC1CCS(=O)CC1. The molecule has 2 heterocycles. The Labute approximate surface area is 131 Å². The first-order chi connectivity index (χ1) is 9.90. The normalized spacial score (nSPS) is 33.2. The van der Waals surface area contributed by atoms with E-state index in [0.717, 1.165) is 0 Å². The summed E-state index contributed by atoms with van der Waals surface area (Å²) in [6.45, 7) is 3.98. The lowest BCUT2D eigenvalue weighted by Gasteiger charge is -2.32. The summed E-state index contributed by atoms with van der Waals surface area (Å²) in [5, 5.41) is 12.1. The first kappa shape index (κ1) is 16.6. The molecule has 2 rings (SSSR count). The lowest BCUT2D eigenvalue weighted by Crippen LogP contribution is -2.54. The van der Waals surface area contributed by atoms with Crippen molar-refractivity contribution in [2.45, 2.75) is 44.1 Å². The number of carboxylic acid groups (broad SMARTS) is 1. The van der Waals surface area contributed by atoms with Crippen LogP contribution in [0.4, 0.5) is 4.79 Å². The Morgan fingerprint density at radius 2 is 1.95 bits per heavy atom. The van der Waals surface area contributed by atoms with Crippen molar-refractivity contribution in [3.63, 3.8) is 0 Å². The number of nitrogens with one attached hydrogen (secondary N) is 1. The van der Waals surface area contributed by atoms with Gasteiger partial charge in [-0.1, -0.05) is 13.8 Å². The molecule has 2 amide bonds. The molecule has 8 heteroatoms. The number of aliphatic carboxylic acids is 1. The molecular weight excluding hydrogens is 312 g/mol. The van der Waals surface area contributed by atoms with Gasteiger partial charge in [-0.05, 0) is 18.8 Å². The van der Waals surface area contributed by atoms with Crippen LogP contribution in [0.1, 0.15) is 26.7 Å². The molecule has 2 fully saturated rings. The number of hydrogen-bond acceptors (Lipinski definition) is 4. The van der Waals surface area contributed by atoms with Crippen molar-refractivity contribution in [1.29, 1.82) is 0 Å². The van der Waals surface area contributed by atoms with E-state index < -0.39 is 22.8 Å². The van der Waals surface area contributed by atoms with Gasteiger partial charge >= 0.3 is 12.0 Å². The predicted octanol–water partition coefficient (Wildman–Crippen LogP) is 1.09. The van der Waals surface area contributed by atoms with E-state index in [1.54, 1.807) is 0 Å². The largest absolute Gasteiger partial charge is 0.480 e. The number of amides is 2. The maximum Gasteiger partial charge on any atom is 0.327 e. The van der Waals surface area contributed by atoms with E-state index in [1.165, 1.54) is 16.7 Å². The number of carboxylic acids is 1. The Morgan fingerprint density at radius 1 is 1.33 bits per heavy atom. The molecule has 2 aliphatic rings. The van der Waals surface area contributed by atoms with Gasteiger partial charge in [0.25, 0.3) is 0 Å². The van der Waals surface area contributed by atoms with Gasteiger partial charge in [-0.3, -0.25) is 9.11 Å². The monoisotopic (exact) mass is 334 g/mol. The van der Waals surface area contributed by atoms with Crippen molar-refractivity contribution in [2.75, 3.05) is 17.3 Å². The zero-order chi connectivity index (χ0) is 15.6. The summed E-state index contributed by atoms with van der Waals surface area (Å²) < 4.78 is 11.3. The number of hydrogen-bond donors (Lipinski definition) is 2. The molecule has 21 heavy (non-hydrogen) atoms. The first-order valence-electron chi connectivity index (χ1n) is 7.18. The molecule has 2 N–H and O–H groups in total. The average Bonchev–Trinajstić information content (AvgIpc) is 2.86. The molecule has 0 aliphatic carbocycles. The number of nitrogens with zero attached hydrogens (tertiary/aromatic N) is 1. The summed E-state index contributed by atoms with van der Waals surface area (Å²) in [4.78, 5) is 25.3.